The average Bonchev–Trinajstić information content (AvgIpc) is 3.08. The van der Waals surface area contributed by atoms with Gasteiger partial charge in [0.1, 0.15) is 5.22 Å². The van der Waals surface area contributed by atoms with Crippen molar-refractivity contribution in [3.05, 3.63) is 71.1 Å². The molecule has 0 unspecified atom stereocenters. The predicted octanol–water partition coefficient (Wildman–Crippen LogP) is 4.41. The molecular weight excluding hydrogens is 352 g/mol. The third-order valence-electron chi connectivity index (χ3n) is 4.93. The Labute approximate surface area is 159 Å². The number of carbonyl (C=O) groups excluding carboxylic acids is 1. The molecule has 5 rings (SSSR count). The highest BCUT2D eigenvalue weighted by Crippen LogP contribution is 2.41. The molecule has 0 saturated heterocycles. The van der Waals surface area contributed by atoms with Crippen molar-refractivity contribution in [1.29, 1.82) is 0 Å². The predicted molar refractivity (Wildman–Crippen MR) is 116 cm³/mol. The molecule has 0 saturated carbocycles. The molecule has 0 aliphatic heterocycles. The monoisotopic (exact) mass is 369 g/mol. The van der Waals surface area contributed by atoms with Gasteiger partial charge in [-0.25, -0.2) is 4.42 Å². The first-order valence-corrected chi connectivity index (χ1v) is 9.57. The molecule has 0 aliphatic rings. The quantitative estimate of drug-likeness (QED) is 0.401. The fraction of sp³-hybridized carbons (Fsp3) is 0.0833. The maximum Gasteiger partial charge on any atom is 0.352 e. The summed E-state index contributed by atoms with van der Waals surface area (Å²) in [6.45, 7) is 0. The van der Waals surface area contributed by atoms with Crippen molar-refractivity contribution in [2.24, 2.45) is 0 Å². The van der Waals surface area contributed by atoms with Gasteiger partial charge in [0.2, 0.25) is 0 Å². The van der Waals surface area contributed by atoms with Crippen molar-refractivity contribution in [3.8, 4) is 0 Å². The Morgan fingerprint density at radius 3 is 2.15 bits per heavy atom. The van der Waals surface area contributed by atoms with Crippen LogP contribution >= 0.6 is 11.3 Å². The zero-order chi connectivity index (χ0) is 18.4. The van der Waals surface area contributed by atoms with Gasteiger partial charge < -0.3 is 4.74 Å². The van der Waals surface area contributed by atoms with Gasteiger partial charge in [-0.2, -0.15) is 0 Å². The van der Waals surface area contributed by atoms with Crippen molar-refractivity contribution >= 4 is 65.3 Å². The Balaban J connectivity index is 2.07. The van der Waals surface area contributed by atoms with E-state index >= 15 is 0 Å². The highest BCUT2D eigenvalue weighted by molar-refractivity contribution is 7.26. The first kappa shape index (κ1) is 16.1. The molecule has 1 aromatic heterocycles. The molecule has 5 aromatic rings. The fourth-order valence-electron chi connectivity index (χ4n) is 3.81. The van der Waals surface area contributed by atoms with E-state index in [1.54, 1.807) is 20.5 Å². The van der Waals surface area contributed by atoms with E-state index in [9.17, 15) is 0 Å². The van der Waals surface area contributed by atoms with E-state index in [0.717, 1.165) is 10.4 Å². The van der Waals surface area contributed by atoms with Gasteiger partial charge in [-0.05, 0) is 51.9 Å². The van der Waals surface area contributed by atoms with Gasteiger partial charge in [-0.1, -0.05) is 30.3 Å². The SMILES string of the molecule is COC=c1ccc2ccc3sc4ccc5ccc(=C=[O+]C)cc5c4c3c2c1. The molecule has 130 valence electrons. The second-order valence-corrected chi connectivity index (χ2v) is 7.64. The second-order valence-electron chi connectivity index (χ2n) is 6.56. The summed E-state index contributed by atoms with van der Waals surface area (Å²) in [5, 5.41) is 9.56. The van der Waals surface area contributed by atoms with E-state index in [2.05, 4.69) is 60.5 Å². The normalized spacial score (nSPS) is 12.1. The smallest absolute Gasteiger partial charge is 0.352 e. The van der Waals surface area contributed by atoms with Crippen LogP contribution in [0.15, 0.2) is 60.7 Å². The minimum atomic E-state index is 0.950. The molecular formula is C24H17O2S+. The molecule has 1 heterocycles. The zero-order valence-corrected chi connectivity index (χ0v) is 15.9. The van der Waals surface area contributed by atoms with Gasteiger partial charge in [0.25, 0.3) is 7.11 Å². The largest absolute Gasteiger partial charge is 0.504 e. The Morgan fingerprint density at radius 2 is 1.48 bits per heavy atom. The van der Waals surface area contributed by atoms with Gasteiger partial charge in [-0.3, -0.25) is 0 Å². The minimum Gasteiger partial charge on any atom is -0.504 e. The molecule has 27 heavy (non-hydrogen) atoms. The van der Waals surface area contributed by atoms with Gasteiger partial charge in [0, 0.05) is 25.4 Å². The number of benzene rings is 4. The van der Waals surface area contributed by atoms with E-state index in [-0.39, 0.29) is 0 Å². The molecule has 0 atom stereocenters. The first-order chi connectivity index (χ1) is 13.3. The second kappa shape index (κ2) is 6.24. The van der Waals surface area contributed by atoms with Crippen molar-refractivity contribution < 1.29 is 9.16 Å². The maximum absolute atomic E-state index is 5.23. The maximum atomic E-state index is 5.23. The number of methoxy groups -OCH3 is 1. The highest BCUT2D eigenvalue weighted by atomic mass is 32.1. The summed E-state index contributed by atoms with van der Waals surface area (Å²) < 4.78 is 12.9. The van der Waals surface area contributed by atoms with Crippen LogP contribution in [0.5, 0.6) is 0 Å². The third-order valence-corrected chi connectivity index (χ3v) is 6.05. The minimum absolute atomic E-state index is 0.950. The summed E-state index contributed by atoms with van der Waals surface area (Å²) in [6.07, 6.45) is 1.78. The van der Waals surface area contributed by atoms with Crippen LogP contribution in [-0.2, 0) is 9.16 Å². The molecule has 0 amide bonds. The summed E-state index contributed by atoms with van der Waals surface area (Å²) in [6, 6.07) is 21.6. The Kier molecular flexibility index (Phi) is 3.71. The van der Waals surface area contributed by atoms with E-state index in [1.807, 2.05) is 17.4 Å². The number of hydrogen-bond acceptors (Lipinski definition) is 2. The average molecular weight is 369 g/mol. The van der Waals surface area contributed by atoms with Crippen LogP contribution in [0.25, 0.3) is 48.0 Å². The van der Waals surface area contributed by atoms with Gasteiger partial charge in [-0.15, -0.1) is 11.3 Å². The van der Waals surface area contributed by atoms with Crippen molar-refractivity contribution in [3.63, 3.8) is 0 Å². The van der Waals surface area contributed by atoms with Crippen molar-refractivity contribution in [1.82, 2.24) is 0 Å². The lowest BCUT2D eigenvalue weighted by Crippen LogP contribution is -2.01. The number of hydrogen-bond donors (Lipinski definition) is 0. The number of fused-ring (bicyclic) bond motifs is 7. The Hall–Kier alpha value is -3.13. The summed E-state index contributed by atoms with van der Waals surface area (Å²) >= 11 is 1.84. The summed E-state index contributed by atoms with van der Waals surface area (Å²) in [4.78, 5) is 0. The lowest BCUT2D eigenvalue weighted by Gasteiger charge is -2.04. The molecule has 0 bridgehead atoms. The van der Waals surface area contributed by atoms with Crippen LogP contribution in [0.1, 0.15) is 0 Å². The van der Waals surface area contributed by atoms with Gasteiger partial charge in [0.05, 0.1) is 13.4 Å². The number of thiophene rings is 1. The summed E-state index contributed by atoms with van der Waals surface area (Å²) in [5.41, 5.74) is 0. The van der Waals surface area contributed by atoms with Gasteiger partial charge >= 0.3 is 5.94 Å². The molecule has 3 heteroatoms. The Morgan fingerprint density at radius 1 is 0.852 bits per heavy atom. The van der Waals surface area contributed by atoms with Crippen LogP contribution in [0.4, 0.5) is 0 Å². The van der Waals surface area contributed by atoms with E-state index in [4.69, 9.17) is 9.16 Å². The van der Waals surface area contributed by atoms with Gasteiger partial charge in [0.15, 0.2) is 0 Å². The Bertz CT molecular complexity index is 1500. The molecule has 2 nitrogen and oxygen atoms in total. The van der Waals surface area contributed by atoms with Crippen LogP contribution in [0.2, 0.25) is 0 Å². The fourth-order valence-corrected chi connectivity index (χ4v) is 4.95. The zero-order valence-electron chi connectivity index (χ0n) is 15.1. The first-order valence-electron chi connectivity index (χ1n) is 8.75. The van der Waals surface area contributed by atoms with Crippen LogP contribution < -0.4 is 10.4 Å². The third kappa shape index (κ3) is 2.52. The molecule has 0 fully saturated rings. The topological polar surface area (TPSA) is 20.5 Å². The van der Waals surface area contributed by atoms with Crippen LogP contribution in [0, 0.1) is 0 Å². The standard InChI is InChI=1S/C24H17O2S/c1-25-13-15-3-5-17-7-9-21-23(19(17)11-15)24-20-12-16(14-26-2)4-6-18(20)8-10-22(24)27-21/h3-13H,1-2H3/q+1. The lowest BCUT2D eigenvalue weighted by molar-refractivity contribution is 0.188. The van der Waals surface area contributed by atoms with Crippen LogP contribution in [0.3, 0.4) is 0 Å². The highest BCUT2D eigenvalue weighted by Gasteiger charge is 2.12. The van der Waals surface area contributed by atoms with Crippen LogP contribution in [-0.4, -0.2) is 20.2 Å². The van der Waals surface area contributed by atoms with Crippen molar-refractivity contribution in [2.75, 3.05) is 14.2 Å². The van der Waals surface area contributed by atoms with Crippen molar-refractivity contribution in [2.45, 2.75) is 0 Å². The number of rotatable bonds is 1. The summed E-state index contributed by atoms with van der Waals surface area (Å²) in [5.74, 6) is 2.95. The summed E-state index contributed by atoms with van der Waals surface area (Å²) in [7, 11) is 3.31. The number of ether oxygens (including phenoxy) is 1. The molecule has 0 N–H and O–H groups in total. The molecule has 0 aliphatic carbocycles. The van der Waals surface area contributed by atoms with E-state index in [0.29, 0.717) is 0 Å². The molecule has 0 spiro atoms. The molecule has 4 aromatic carbocycles. The lowest BCUT2D eigenvalue weighted by atomic mass is 9.99. The molecule has 0 radical (unpaired) electrons. The van der Waals surface area contributed by atoms with E-state index in [1.165, 1.54) is 41.7 Å². The van der Waals surface area contributed by atoms with E-state index < -0.39 is 0 Å².